The van der Waals surface area contributed by atoms with Crippen LogP contribution in [0, 0.1) is 6.92 Å². The van der Waals surface area contributed by atoms with E-state index in [0.29, 0.717) is 26.2 Å². The quantitative estimate of drug-likeness (QED) is 0.510. The molecule has 32 heavy (non-hydrogen) atoms. The van der Waals surface area contributed by atoms with E-state index in [4.69, 9.17) is 34.8 Å². The number of hydrogen-bond acceptors (Lipinski definition) is 2. The van der Waals surface area contributed by atoms with Gasteiger partial charge in [-0.25, -0.2) is 0 Å². The molecular formula is C24H19Cl3N3O2+. The lowest BCUT2D eigenvalue weighted by atomic mass is 9.99. The van der Waals surface area contributed by atoms with Gasteiger partial charge in [-0.3, -0.25) is 9.59 Å². The van der Waals surface area contributed by atoms with Gasteiger partial charge in [0.15, 0.2) is 6.04 Å². The number of carbonyl (C=O) groups excluding carboxylic acids is 2. The molecule has 3 aromatic rings. The van der Waals surface area contributed by atoms with E-state index in [1.54, 1.807) is 53.4 Å². The molecule has 1 fully saturated rings. The molecule has 5 nitrogen and oxygen atoms in total. The van der Waals surface area contributed by atoms with Crippen molar-refractivity contribution < 1.29 is 14.3 Å². The SMILES string of the molecule is Cc1ccc(C(=O)N[C@H]2C(=O)N/[N+](=C\c3ccc(Cl)cc3Cl)[C@H]2c2ccc(Cl)cc2)cc1. The molecule has 2 atom stereocenters. The number of aryl methyl sites for hydroxylation is 1. The summed E-state index contributed by atoms with van der Waals surface area (Å²) in [7, 11) is 0. The normalized spacial score (nSPS) is 19.1. The maximum absolute atomic E-state index is 12.9. The Hall–Kier alpha value is -2.86. The number of hydrazone groups is 1. The molecule has 0 aromatic heterocycles. The first kappa shape index (κ1) is 22.3. The summed E-state index contributed by atoms with van der Waals surface area (Å²) in [5, 5.41) is 4.39. The highest BCUT2D eigenvalue weighted by Gasteiger charge is 2.47. The predicted octanol–water partition coefficient (Wildman–Crippen LogP) is 4.97. The smallest absolute Gasteiger partial charge is 0.304 e. The Morgan fingerprint density at radius 1 is 0.969 bits per heavy atom. The fourth-order valence-electron chi connectivity index (χ4n) is 3.53. The summed E-state index contributed by atoms with van der Waals surface area (Å²) in [5.74, 6) is -0.678. The maximum Gasteiger partial charge on any atom is 0.304 e. The molecule has 1 aliphatic heterocycles. The number of halogens is 3. The molecule has 0 aliphatic carbocycles. The number of nitrogens with one attached hydrogen (secondary N) is 2. The van der Waals surface area contributed by atoms with Crippen LogP contribution in [0.25, 0.3) is 0 Å². The fourth-order valence-corrected chi connectivity index (χ4v) is 4.11. The molecule has 0 unspecified atom stereocenters. The summed E-state index contributed by atoms with van der Waals surface area (Å²) < 4.78 is 1.64. The number of hydrogen-bond donors (Lipinski definition) is 2. The molecule has 2 N–H and O–H groups in total. The topological polar surface area (TPSA) is 61.2 Å². The summed E-state index contributed by atoms with van der Waals surface area (Å²) >= 11 is 18.4. The highest BCUT2D eigenvalue weighted by Crippen LogP contribution is 2.28. The molecule has 1 aliphatic rings. The van der Waals surface area contributed by atoms with Crippen molar-refractivity contribution >= 4 is 52.8 Å². The molecule has 0 spiro atoms. The first-order valence-corrected chi connectivity index (χ1v) is 11.0. The van der Waals surface area contributed by atoms with Gasteiger partial charge in [0, 0.05) is 21.2 Å². The Labute approximate surface area is 200 Å². The second-order valence-corrected chi connectivity index (χ2v) is 8.77. The minimum absolute atomic E-state index is 0.338. The molecule has 0 bridgehead atoms. The molecule has 0 radical (unpaired) electrons. The van der Waals surface area contributed by atoms with Crippen LogP contribution in [0.3, 0.4) is 0 Å². The lowest BCUT2D eigenvalue weighted by Crippen LogP contribution is -2.42. The number of carbonyl (C=O) groups is 2. The lowest BCUT2D eigenvalue weighted by molar-refractivity contribution is -0.596. The first-order valence-electron chi connectivity index (χ1n) is 9.83. The average Bonchev–Trinajstić information content (AvgIpc) is 3.06. The third kappa shape index (κ3) is 4.80. The molecule has 1 saturated heterocycles. The second kappa shape index (κ2) is 9.33. The van der Waals surface area contributed by atoms with E-state index < -0.39 is 12.1 Å². The summed E-state index contributed by atoms with van der Waals surface area (Å²) in [5.41, 5.74) is 5.80. The molecule has 1 heterocycles. The summed E-state index contributed by atoms with van der Waals surface area (Å²) in [6, 6.07) is 18.0. The zero-order valence-electron chi connectivity index (χ0n) is 17.0. The number of rotatable bonds is 4. The van der Waals surface area contributed by atoms with Gasteiger partial charge in [-0.15, -0.1) is 10.1 Å². The number of hydrazine groups is 1. The highest BCUT2D eigenvalue weighted by molar-refractivity contribution is 6.36. The average molecular weight is 488 g/mol. The van der Waals surface area contributed by atoms with Crippen molar-refractivity contribution in [2.45, 2.75) is 19.0 Å². The monoisotopic (exact) mass is 486 g/mol. The van der Waals surface area contributed by atoms with Gasteiger partial charge < -0.3 is 5.32 Å². The minimum Gasteiger partial charge on any atom is -0.334 e. The molecule has 8 heteroatoms. The van der Waals surface area contributed by atoms with Gasteiger partial charge in [-0.2, -0.15) is 0 Å². The molecule has 2 amide bonds. The van der Waals surface area contributed by atoms with Crippen LogP contribution in [-0.2, 0) is 4.79 Å². The fraction of sp³-hybridized carbons (Fsp3) is 0.125. The van der Waals surface area contributed by atoms with Gasteiger partial charge in [-0.1, -0.05) is 64.6 Å². The van der Waals surface area contributed by atoms with Gasteiger partial charge in [0.25, 0.3) is 5.91 Å². The minimum atomic E-state index is -0.840. The van der Waals surface area contributed by atoms with Crippen LogP contribution < -0.4 is 10.7 Å². The zero-order chi connectivity index (χ0) is 22.8. The maximum atomic E-state index is 12.9. The van der Waals surface area contributed by atoms with Gasteiger partial charge in [0.05, 0.1) is 10.6 Å². The van der Waals surface area contributed by atoms with Crippen LogP contribution in [0.2, 0.25) is 15.1 Å². The van der Waals surface area contributed by atoms with Gasteiger partial charge in [-0.05, 0) is 49.4 Å². The van der Waals surface area contributed by atoms with Crippen LogP contribution >= 0.6 is 34.8 Å². The van der Waals surface area contributed by atoms with Gasteiger partial charge in [0.2, 0.25) is 12.3 Å². The van der Waals surface area contributed by atoms with E-state index in [1.807, 2.05) is 31.2 Å². The third-order valence-corrected chi connectivity index (χ3v) is 6.00. The number of amides is 2. The molecule has 162 valence electrons. The summed E-state index contributed by atoms with van der Waals surface area (Å²) in [4.78, 5) is 25.8. The van der Waals surface area contributed by atoms with Crippen LogP contribution in [0.5, 0.6) is 0 Å². The third-order valence-electron chi connectivity index (χ3n) is 5.19. The predicted molar refractivity (Wildman–Crippen MR) is 127 cm³/mol. The lowest BCUT2D eigenvalue weighted by Gasteiger charge is -2.15. The van der Waals surface area contributed by atoms with Crippen molar-refractivity contribution in [2.75, 3.05) is 0 Å². The van der Waals surface area contributed by atoms with E-state index in [0.717, 1.165) is 11.1 Å². The van der Waals surface area contributed by atoms with Crippen LogP contribution in [0.15, 0.2) is 66.7 Å². The Morgan fingerprint density at radius 3 is 2.28 bits per heavy atom. The van der Waals surface area contributed by atoms with E-state index in [2.05, 4.69) is 10.7 Å². The molecular weight excluding hydrogens is 469 g/mol. The van der Waals surface area contributed by atoms with Gasteiger partial charge >= 0.3 is 5.91 Å². The standard InChI is InChI=1S/C24H18Cl3N3O2/c1-14-2-4-16(5-3-14)23(31)28-21-22(15-6-9-18(25)10-7-15)30(29-24(21)32)13-17-8-11-19(26)12-20(17)27/h2-13,21-22H,1H3,(H-,28,29,31,32)/p+1/b30-13-/t21-,22+/m1/s1. The van der Waals surface area contributed by atoms with Crippen LogP contribution in [0.4, 0.5) is 0 Å². The molecule has 0 saturated carbocycles. The van der Waals surface area contributed by atoms with Crippen LogP contribution in [-0.4, -0.2) is 28.8 Å². The zero-order valence-corrected chi connectivity index (χ0v) is 19.2. The van der Waals surface area contributed by atoms with E-state index in [1.165, 1.54) is 0 Å². The van der Waals surface area contributed by atoms with Crippen molar-refractivity contribution in [3.63, 3.8) is 0 Å². The van der Waals surface area contributed by atoms with Crippen molar-refractivity contribution in [1.29, 1.82) is 0 Å². The van der Waals surface area contributed by atoms with Crippen molar-refractivity contribution in [2.24, 2.45) is 0 Å². The second-order valence-electron chi connectivity index (χ2n) is 7.49. The Bertz CT molecular complexity index is 1210. The van der Waals surface area contributed by atoms with Crippen molar-refractivity contribution in [3.05, 3.63) is 104 Å². The van der Waals surface area contributed by atoms with E-state index >= 15 is 0 Å². The van der Waals surface area contributed by atoms with E-state index in [9.17, 15) is 9.59 Å². The van der Waals surface area contributed by atoms with Crippen molar-refractivity contribution in [1.82, 2.24) is 10.7 Å². The summed E-state index contributed by atoms with van der Waals surface area (Å²) in [6.45, 7) is 1.94. The largest absolute Gasteiger partial charge is 0.334 e. The Balaban J connectivity index is 1.72. The van der Waals surface area contributed by atoms with Crippen LogP contribution in [0.1, 0.15) is 33.1 Å². The molecule has 4 rings (SSSR count). The van der Waals surface area contributed by atoms with Crippen molar-refractivity contribution in [3.8, 4) is 0 Å². The Morgan fingerprint density at radius 2 is 1.62 bits per heavy atom. The number of nitrogens with zero attached hydrogens (tertiary/aromatic N) is 1. The molecule has 3 aromatic carbocycles. The summed E-state index contributed by atoms with van der Waals surface area (Å²) in [6.07, 6.45) is 1.72. The Kier molecular flexibility index (Phi) is 6.51. The van der Waals surface area contributed by atoms with Gasteiger partial charge in [0.1, 0.15) is 0 Å². The first-order chi connectivity index (χ1) is 15.3. The highest BCUT2D eigenvalue weighted by atomic mass is 35.5. The number of benzene rings is 3. The van der Waals surface area contributed by atoms with E-state index in [-0.39, 0.29) is 11.8 Å².